The number of nitrogens with one attached hydrogen (secondary N) is 1. The molecule has 1 N–H and O–H groups in total. The summed E-state index contributed by atoms with van der Waals surface area (Å²) in [5, 5.41) is 7.46. The molecule has 4 aromatic rings. The number of hydrogen-bond acceptors (Lipinski definition) is 5. The van der Waals surface area contributed by atoms with Crippen LogP contribution < -0.4 is 5.43 Å². The number of aromatic nitrogens is 2. The number of carbonyl (C=O) groups excluding carboxylic acids is 1. The lowest BCUT2D eigenvalue weighted by Gasteiger charge is -2.09. The lowest BCUT2D eigenvalue weighted by Crippen LogP contribution is -2.20. The van der Waals surface area contributed by atoms with Gasteiger partial charge >= 0.3 is 0 Å². The predicted octanol–water partition coefficient (Wildman–Crippen LogP) is 5.04. The van der Waals surface area contributed by atoms with E-state index in [-0.39, 0.29) is 11.7 Å². The summed E-state index contributed by atoms with van der Waals surface area (Å²) in [4.78, 5) is 17.9. The van der Waals surface area contributed by atoms with Crippen molar-refractivity contribution in [1.29, 1.82) is 0 Å². The van der Waals surface area contributed by atoms with Crippen LogP contribution in [-0.4, -0.2) is 27.4 Å². The Balaban J connectivity index is 1.47. The standard InChI is InChI=1S/C21H17ClN4OS2/c22-16-9-7-15(8-10-16)13-26-19-6-2-1-5-18(19)24-21(26)29-14-20(27)25-23-12-17-4-3-11-28-17/h1-12H,13-14H2,(H,25,27). The highest BCUT2D eigenvalue weighted by Gasteiger charge is 2.13. The van der Waals surface area contributed by atoms with Gasteiger partial charge in [0.1, 0.15) is 0 Å². The number of thioether (sulfide) groups is 1. The number of thiophene rings is 1. The van der Waals surface area contributed by atoms with Crippen molar-refractivity contribution in [3.63, 3.8) is 0 Å². The lowest BCUT2D eigenvalue weighted by atomic mass is 10.2. The average molecular weight is 441 g/mol. The molecule has 0 aliphatic rings. The summed E-state index contributed by atoms with van der Waals surface area (Å²) in [5.41, 5.74) is 5.61. The minimum atomic E-state index is -0.173. The van der Waals surface area contributed by atoms with Gasteiger partial charge in [-0.1, -0.05) is 53.7 Å². The normalized spacial score (nSPS) is 11.3. The molecule has 0 saturated carbocycles. The zero-order valence-corrected chi connectivity index (χ0v) is 17.7. The van der Waals surface area contributed by atoms with Crippen LogP contribution in [-0.2, 0) is 11.3 Å². The first-order valence-electron chi connectivity index (χ1n) is 8.87. The molecule has 0 saturated heterocycles. The smallest absolute Gasteiger partial charge is 0.250 e. The maximum absolute atomic E-state index is 12.2. The molecule has 29 heavy (non-hydrogen) atoms. The Morgan fingerprint density at radius 2 is 2.00 bits per heavy atom. The molecule has 0 unspecified atom stereocenters. The molecule has 2 heterocycles. The molecular formula is C21H17ClN4OS2. The number of carbonyl (C=O) groups is 1. The van der Waals surface area contributed by atoms with Crippen molar-refractivity contribution in [3.8, 4) is 0 Å². The molecule has 146 valence electrons. The Kier molecular flexibility index (Phi) is 6.29. The number of fused-ring (bicyclic) bond motifs is 1. The molecule has 0 radical (unpaired) electrons. The van der Waals surface area contributed by atoms with Gasteiger partial charge in [-0.15, -0.1) is 11.3 Å². The minimum Gasteiger partial charge on any atom is -0.314 e. The van der Waals surface area contributed by atoms with Gasteiger partial charge in [0.05, 0.1) is 29.5 Å². The highest BCUT2D eigenvalue weighted by molar-refractivity contribution is 7.99. The highest BCUT2D eigenvalue weighted by atomic mass is 35.5. The molecule has 4 rings (SSSR count). The van der Waals surface area contributed by atoms with E-state index in [1.165, 1.54) is 11.8 Å². The van der Waals surface area contributed by atoms with E-state index < -0.39 is 0 Å². The molecule has 0 fully saturated rings. The molecule has 8 heteroatoms. The second-order valence-electron chi connectivity index (χ2n) is 6.19. The Bertz CT molecular complexity index is 1140. The van der Waals surface area contributed by atoms with Gasteiger partial charge in [-0.3, -0.25) is 4.79 Å². The third-order valence-corrected chi connectivity index (χ3v) is 6.17. The van der Waals surface area contributed by atoms with Crippen molar-refractivity contribution in [1.82, 2.24) is 15.0 Å². The molecule has 2 aromatic carbocycles. The quantitative estimate of drug-likeness (QED) is 0.249. The van der Waals surface area contributed by atoms with E-state index in [0.29, 0.717) is 11.6 Å². The lowest BCUT2D eigenvalue weighted by molar-refractivity contribution is -0.118. The maximum Gasteiger partial charge on any atom is 0.250 e. The molecule has 0 aliphatic carbocycles. The summed E-state index contributed by atoms with van der Waals surface area (Å²) in [7, 11) is 0. The first-order chi connectivity index (χ1) is 14.2. The summed E-state index contributed by atoms with van der Waals surface area (Å²) < 4.78 is 2.12. The number of imidazole rings is 1. The van der Waals surface area contributed by atoms with Gasteiger partial charge in [0.25, 0.3) is 5.91 Å². The van der Waals surface area contributed by atoms with E-state index in [0.717, 1.165) is 26.6 Å². The van der Waals surface area contributed by atoms with Crippen molar-refractivity contribution in [2.75, 3.05) is 5.75 Å². The second-order valence-corrected chi connectivity index (χ2v) is 8.55. The highest BCUT2D eigenvalue weighted by Crippen LogP contribution is 2.25. The van der Waals surface area contributed by atoms with Crippen LogP contribution >= 0.6 is 34.7 Å². The third-order valence-electron chi connectivity index (χ3n) is 4.13. The monoisotopic (exact) mass is 440 g/mol. The van der Waals surface area contributed by atoms with Crippen LogP contribution in [0.15, 0.2) is 76.3 Å². The van der Waals surface area contributed by atoms with E-state index in [1.54, 1.807) is 17.6 Å². The fourth-order valence-corrected chi connectivity index (χ4v) is 4.30. The van der Waals surface area contributed by atoms with Crippen LogP contribution in [0.1, 0.15) is 10.4 Å². The molecule has 1 amide bonds. The first kappa shape index (κ1) is 19.7. The first-order valence-corrected chi connectivity index (χ1v) is 11.1. The average Bonchev–Trinajstić information content (AvgIpc) is 3.36. The van der Waals surface area contributed by atoms with Crippen LogP contribution in [0.4, 0.5) is 0 Å². The molecule has 2 aromatic heterocycles. The van der Waals surface area contributed by atoms with Gasteiger partial charge in [0.2, 0.25) is 0 Å². The largest absolute Gasteiger partial charge is 0.314 e. The van der Waals surface area contributed by atoms with Crippen molar-refractivity contribution in [3.05, 3.63) is 81.5 Å². The van der Waals surface area contributed by atoms with E-state index in [9.17, 15) is 4.79 Å². The van der Waals surface area contributed by atoms with Gasteiger partial charge in [0.15, 0.2) is 5.16 Å². The number of hydrogen-bond donors (Lipinski definition) is 1. The number of nitrogens with zero attached hydrogens (tertiary/aromatic N) is 3. The molecule has 5 nitrogen and oxygen atoms in total. The van der Waals surface area contributed by atoms with E-state index >= 15 is 0 Å². The van der Waals surface area contributed by atoms with Gasteiger partial charge < -0.3 is 4.57 Å². The van der Waals surface area contributed by atoms with E-state index in [4.69, 9.17) is 16.6 Å². The van der Waals surface area contributed by atoms with Crippen molar-refractivity contribution in [2.24, 2.45) is 5.10 Å². The summed E-state index contributed by atoms with van der Waals surface area (Å²) in [6.45, 7) is 0.651. The summed E-state index contributed by atoms with van der Waals surface area (Å²) in [6, 6.07) is 19.6. The van der Waals surface area contributed by atoms with Gasteiger partial charge in [0, 0.05) is 9.90 Å². The Labute approximate surface area is 181 Å². The number of benzene rings is 2. The number of hydrazone groups is 1. The van der Waals surface area contributed by atoms with Crippen LogP contribution in [0.3, 0.4) is 0 Å². The molecule has 0 aliphatic heterocycles. The number of rotatable bonds is 7. The van der Waals surface area contributed by atoms with E-state index in [1.807, 2.05) is 66.0 Å². The topological polar surface area (TPSA) is 59.3 Å². The molecule has 0 atom stereocenters. The number of para-hydroxylation sites is 2. The van der Waals surface area contributed by atoms with Crippen LogP contribution in [0, 0.1) is 0 Å². The van der Waals surface area contributed by atoms with Crippen LogP contribution in [0.5, 0.6) is 0 Å². The fraction of sp³-hybridized carbons (Fsp3) is 0.0952. The van der Waals surface area contributed by atoms with Gasteiger partial charge in [-0.05, 0) is 41.3 Å². The Morgan fingerprint density at radius 1 is 1.17 bits per heavy atom. The van der Waals surface area contributed by atoms with Crippen molar-refractivity contribution >= 4 is 57.9 Å². The van der Waals surface area contributed by atoms with Crippen LogP contribution in [0.2, 0.25) is 5.02 Å². The van der Waals surface area contributed by atoms with Gasteiger partial charge in [-0.25, -0.2) is 10.4 Å². The summed E-state index contributed by atoms with van der Waals surface area (Å²) in [5.74, 6) is 0.0547. The zero-order chi connectivity index (χ0) is 20.1. The second kappa shape index (κ2) is 9.26. The molecule has 0 spiro atoms. The van der Waals surface area contributed by atoms with E-state index in [2.05, 4.69) is 15.1 Å². The molecular weight excluding hydrogens is 424 g/mol. The minimum absolute atomic E-state index is 0.173. The number of amides is 1. The third kappa shape index (κ3) is 5.06. The molecule has 0 bridgehead atoms. The van der Waals surface area contributed by atoms with Gasteiger partial charge in [-0.2, -0.15) is 5.10 Å². The Morgan fingerprint density at radius 3 is 2.79 bits per heavy atom. The Hall–Kier alpha value is -2.61. The fourth-order valence-electron chi connectivity index (χ4n) is 2.78. The van der Waals surface area contributed by atoms with Crippen molar-refractivity contribution < 1.29 is 4.79 Å². The zero-order valence-electron chi connectivity index (χ0n) is 15.3. The number of halogens is 1. The van der Waals surface area contributed by atoms with Crippen LogP contribution in [0.25, 0.3) is 11.0 Å². The van der Waals surface area contributed by atoms with Crippen molar-refractivity contribution in [2.45, 2.75) is 11.7 Å². The summed E-state index contributed by atoms with van der Waals surface area (Å²) in [6.07, 6.45) is 1.64. The predicted molar refractivity (Wildman–Crippen MR) is 121 cm³/mol. The SMILES string of the molecule is O=C(CSc1nc2ccccc2n1Cc1ccc(Cl)cc1)NN=Cc1cccs1. The summed E-state index contributed by atoms with van der Waals surface area (Å²) >= 11 is 8.96. The maximum atomic E-state index is 12.2.